The van der Waals surface area contributed by atoms with Crippen LogP contribution in [-0.4, -0.2) is 45.6 Å². The molecule has 0 atom stereocenters. The second-order valence-corrected chi connectivity index (χ2v) is 9.51. The van der Waals surface area contributed by atoms with Crippen molar-refractivity contribution in [1.82, 2.24) is 9.62 Å². The molecule has 1 N–H and O–H groups in total. The van der Waals surface area contributed by atoms with Gasteiger partial charge in [-0.25, -0.2) is 13.1 Å². The lowest BCUT2D eigenvalue weighted by Crippen LogP contribution is -2.45. The zero-order chi connectivity index (χ0) is 21.5. The number of rotatable bonds is 8. The minimum absolute atomic E-state index is 0.0232. The lowest BCUT2D eigenvalue weighted by molar-refractivity contribution is 0.170. The van der Waals surface area contributed by atoms with Crippen molar-refractivity contribution in [2.24, 2.45) is 0 Å². The molecule has 1 fully saturated rings. The van der Waals surface area contributed by atoms with Crippen molar-refractivity contribution in [1.29, 1.82) is 0 Å². The predicted octanol–water partition coefficient (Wildman–Crippen LogP) is 4.18. The molecule has 31 heavy (non-hydrogen) atoms. The molecule has 0 aliphatic carbocycles. The van der Waals surface area contributed by atoms with Gasteiger partial charge >= 0.3 is 0 Å². The number of likely N-dealkylation sites (tertiary alicyclic amines) is 1. The number of nitrogens with zero attached hydrogens (tertiary/aromatic N) is 1. The first-order valence-electron chi connectivity index (χ1n) is 10.7. The number of piperidine rings is 1. The van der Waals surface area contributed by atoms with Crippen LogP contribution in [0.25, 0.3) is 11.1 Å². The van der Waals surface area contributed by atoms with Gasteiger partial charge in [0.05, 0.1) is 4.90 Å². The molecule has 1 heterocycles. The summed E-state index contributed by atoms with van der Waals surface area (Å²) >= 11 is 0. The third-order valence-electron chi connectivity index (χ3n) is 5.58. The Kier molecular flexibility index (Phi) is 7.02. The van der Waals surface area contributed by atoms with Crippen molar-refractivity contribution in [2.75, 3.05) is 26.2 Å². The molecule has 3 aromatic rings. The van der Waals surface area contributed by atoms with Gasteiger partial charge in [0.15, 0.2) is 0 Å². The first kappa shape index (κ1) is 21.6. The minimum Gasteiger partial charge on any atom is -0.492 e. The van der Waals surface area contributed by atoms with E-state index >= 15 is 0 Å². The van der Waals surface area contributed by atoms with Crippen LogP contribution in [0.3, 0.4) is 0 Å². The van der Waals surface area contributed by atoms with Crippen LogP contribution in [0.1, 0.15) is 12.8 Å². The minimum atomic E-state index is -3.45. The van der Waals surface area contributed by atoms with Gasteiger partial charge in [-0.2, -0.15) is 0 Å². The highest BCUT2D eigenvalue weighted by Crippen LogP contribution is 2.23. The summed E-state index contributed by atoms with van der Waals surface area (Å²) in [5.74, 6) is 0.867. The van der Waals surface area contributed by atoms with E-state index in [1.165, 1.54) is 5.56 Å². The molecule has 1 aliphatic heterocycles. The van der Waals surface area contributed by atoms with E-state index in [0.29, 0.717) is 11.5 Å². The molecule has 1 saturated heterocycles. The first-order valence-corrected chi connectivity index (χ1v) is 12.2. The Bertz CT molecular complexity index is 1060. The molecule has 0 spiro atoms. The van der Waals surface area contributed by atoms with E-state index in [9.17, 15) is 8.42 Å². The maximum absolute atomic E-state index is 12.5. The lowest BCUT2D eigenvalue weighted by atomic mass is 10.1. The van der Waals surface area contributed by atoms with E-state index in [1.54, 1.807) is 24.3 Å². The van der Waals surface area contributed by atoms with Crippen LogP contribution in [0.15, 0.2) is 89.8 Å². The summed E-state index contributed by atoms with van der Waals surface area (Å²) in [6, 6.07) is 27.0. The number of sulfonamides is 1. The van der Waals surface area contributed by atoms with E-state index in [2.05, 4.69) is 33.9 Å². The average molecular weight is 437 g/mol. The number of hydrogen-bond donors (Lipinski definition) is 1. The maximum atomic E-state index is 12.5. The number of benzene rings is 3. The van der Waals surface area contributed by atoms with E-state index in [0.717, 1.165) is 43.8 Å². The van der Waals surface area contributed by atoms with E-state index in [4.69, 9.17) is 4.74 Å². The maximum Gasteiger partial charge on any atom is 0.240 e. The van der Waals surface area contributed by atoms with Gasteiger partial charge in [0.25, 0.3) is 0 Å². The molecule has 0 radical (unpaired) electrons. The molecule has 0 saturated carbocycles. The van der Waals surface area contributed by atoms with E-state index in [-0.39, 0.29) is 6.04 Å². The SMILES string of the molecule is O=S(=O)(NC1CCN(CCOc2cccc(-c3ccccc3)c2)CC1)c1ccccc1. The van der Waals surface area contributed by atoms with Gasteiger partial charge in [-0.1, -0.05) is 60.7 Å². The molecular weight excluding hydrogens is 408 g/mol. The van der Waals surface area contributed by atoms with Crippen LogP contribution in [-0.2, 0) is 10.0 Å². The van der Waals surface area contributed by atoms with Crippen molar-refractivity contribution in [3.05, 3.63) is 84.9 Å². The fourth-order valence-corrected chi connectivity index (χ4v) is 5.18. The molecular formula is C25H28N2O3S. The number of hydrogen-bond acceptors (Lipinski definition) is 4. The van der Waals surface area contributed by atoms with Gasteiger partial charge in [0.1, 0.15) is 12.4 Å². The molecule has 5 nitrogen and oxygen atoms in total. The third-order valence-corrected chi connectivity index (χ3v) is 7.12. The number of nitrogens with one attached hydrogen (secondary N) is 1. The fourth-order valence-electron chi connectivity index (χ4n) is 3.85. The molecule has 0 bridgehead atoms. The van der Waals surface area contributed by atoms with Crippen molar-refractivity contribution in [3.8, 4) is 16.9 Å². The lowest BCUT2D eigenvalue weighted by Gasteiger charge is -2.32. The standard InChI is InChI=1S/C25H28N2O3S/c28-31(29,25-12-5-2-6-13-25)26-23-14-16-27(17-15-23)18-19-30-24-11-7-10-22(20-24)21-8-3-1-4-9-21/h1-13,20,23,26H,14-19H2. The van der Waals surface area contributed by atoms with E-state index in [1.807, 2.05) is 36.4 Å². The molecule has 1 aliphatic rings. The Morgan fingerprint density at radius 3 is 2.19 bits per heavy atom. The summed E-state index contributed by atoms with van der Waals surface area (Å²) in [6.07, 6.45) is 1.60. The topological polar surface area (TPSA) is 58.6 Å². The Morgan fingerprint density at radius 2 is 1.48 bits per heavy atom. The first-order chi connectivity index (χ1) is 15.1. The largest absolute Gasteiger partial charge is 0.492 e. The highest BCUT2D eigenvalue weighted by atomic mass is 32.2. The van der Waals surface area contributed by atoms with Crippen LogP contribution in [0.5, 0.6) is 5.75 Å². The quantitative estimate of drug-likeness (QED) is 0.576. The fraction of sp³-hybridized carbons (Fsp3) is 0.280. The summed E-state index contributed by atoms with van der Waals surface area (Å²) in [5.41, 5.74) is 2.32. The zero-order valence-electron chi connectivity index (χ0n) is 17.5. The monoisotopic (exact) mass is 436 g/mol. The van der Waals surface area contributed by atoms with Crippen LogP contribution in [0.2, 0.25) is 0 Å². The molecule has 0 amide bonds. The molecule has 6 heteroatoms. The summed E-state index contributed by atoms with van der Waals surface area (Å²) in [5, 5.41) is 0. The summed E-state index contributed by atoms with van der Waals surface area (Å²) in [7, 11) is -3.45. The van der Waals surface area contributed by atoms with Gasteiger partial charge in [-0.3, -0.25) is 4.90 Å². The predicted molar refractivity (Wildman–Crippen MR) is 124 cm³/mol. The van der Waals surface area contributed by atoms with Gasteiger partial charge in [0, 0.05) is 12.6 Å². The highest BCUT2D eigenvalue weighted by Gasteiger charge is 2.24. The highest BCUT2D eigenvalue weighted by molar-refractivity contribution is 7.89. The normalized spacial score (nSPS) is 15.6. The molecule has 0 aromatic heterocycles. The molecule has 0 unspecified atom stereocenters. The molecule has 4 rings (SSSR count). The summed E-state index contributed by atoms with van der Waals surface area (Å²) in [4.78, 5) is 2.65. The second-order valence-electron chi connectivity index (χ2n) is 7.79. The number of ether oxygens (including phenoxy) is 1. The Hall–Kier alpha value is -2.67. The van der Waals surface area contributed by atoms with Crippen molar-refractivity contribution < 1.29 is 13.2 Å². The van der Waals surface area contributed by atoms with Crippen LogP contribution >= 0.6 is 0 Å². The second kappa shape index (κ2) is 10.1. The third kappa shape index (κ3) is 5.94. The van der Waals surface area contributed by atoms with Gasteiger partial charge in [-0.05, 0) is 61.3 Å². The Labute approximate surface area is 184 Å². The summed E-state index contributed by atoms with van der Waals surface area (Å²) < 4.78 is 33.8. The van der Waals surface area contributed by atoms with Crippen molar-refractivity contribution in [2.45, 2.75) is 23.8 Å². The van der Waals surface area contributed by atoms with Crippen LogP contribution in [0.4, 0.5) is 0 Å². The van der Waals surface area contributed by atoms with Crippen LogP contribution in [0, 0.1) is 0 Å². The Balaban J connectivity index is 1.22. The molecule has 162 valence electrons. The smallest absolute Gasteiger partial charge is 0.240 e. The van der Waals surface area contributed by atoms with E-state index < -0.39 is 10.0 Å². The van der Waals surface area contributed by atoms with Gasteiger partial charge in [0.2, 0.25) is 10.0 Å². The summed E-state index contributed by atoms with van der Waals surface area (Å²) in [6.45, 7) is 3.15. The zero-order valence-corrected chi connectivity index (χ0v) is 18.3. The Morgan fingerprint density at radius 1 is 0.839 bits per heavy atom. The average Bonchev–Trinajstić information content (AvgIpc) is 2.81. The van der Waals surface area contributed by atoms with Crippen molar-refractivity contribution in [3.63, 3.8) is 0 Å². The van der Waals surface area contributed by atoms with Gasteiger partial charge < -0.3 is 4.74 Å². The van der Waals surface area contributed by atoms with Gasteiger partial charge in [-0.15, -0.1) is 0 Å². The molecule has 3 aromatic carbocycles. The van der Waals surface area contributed by atoms with Crippen LogP contribution < -0.4 is 9.46 Å². The van der Waals surface area contributed by atoms with Crippen molar-refractivity contribution >= 4 is 10.0 Å².